The fourth-order valence-corrected chi connectivity index (χ4v) is 5.43. The van der Waals surface area contributed by atoms with Gasteiger partial charge in [-0.25, -0.2) is 4.39 Å². The van der Waals surface area contributed by atoms with E-state index in [0.29, 0.717) is 11.1 Å². The molecule has 9 N–H and O–H groups in total. The van der Waals surface area contributed by atoms with Crippen molar-refractivity contribution in [2.24, 2.45) is 0 Å². The lowest BCUT2D eigenvalue weighted by Crippen LogP contribution is -2.67. The Labute approximate surface area is 263 Å². The Morgan fingerprint density at radius 3 is 2.48 bits per heavy atom. The van der Waals surface area contributed by atoms with E-state index in [1.807, 2.05) is 0 Å². The summed E-state index contributed by atoms with van der Waals surface area (Å²) in [5.74, 6) is -0.979. The quantitative estimate of drug-likeness (QED) is 0.102. The maximum absolute atomic E-state index is 13.9. The minimum Gasteiger partial charge on any atom is -0.451 e. The first-order valence-corrected chi connectivity index (χ1v) is 14.5. The molecule has 2 aromatic carbocycles. The molecule has 2 aliphatic heterocycles. The second-order valence-corrected chi connectivity index (χ2v) is 11.6. The normalized spacial score (nSPS) is 33.6. The zero-order chi connectivity index (χ0) is 33.3. The number of nitrogens with two attached hydrogens (primary N) is 1. The van der Waals surface area contributed by atoms with Crippen LogP contribution in [0, 0.1) is 5.82 Å². The Morgan fingerprint density at radius 1 is 1.09 bits per heavy atom. The predicted octanol–water partition coefficient (Wildman–Crippen LogP) is -0.0663. The molecule has 0 aromatic heterocycles. The summed E-state index contributed by atoms with van der Waals surface area (Å²) in [6.07, 6.45) is -7.36. The lowest BCUT2D eigenvalue weighted by molar-refractivity contribution is -0.155. The molecule has 3 fully saturated rings. The van der Waals surface area contributed by atoms with Crippen LogP contribution >= 0.6 is 0 Å². The highest BCUT2D eigenvalue weighted by atomic mass is 19.1. The van der Waals surface area contributed by atoms with Crippen LogP contribution in [0.1, 0.15) is 31.9 Å². The van der Waals surface area contributed by atoms with Gasteiger partial charge in [0, 0.05) is 11.1 Å². The Morgan fingerprint density at radius 2 is 1.78 bits per heavy atom. The van der Waals surface area contributed by atoms with Gasteiger partial charge in [0.2, 0.25) is 5.91 Å². The van der Waals surface area contributed by atoms with Crippen molar-refractivity contribution < 1.29 is 58.5 Å². The molecule has 0 unspecified atom stereocenters. The summed E-state index contributed by atoms with van der Waals surface area (Å²) in [6, 6.07) is 9.47. The maximum Gasteiger partial charge on any atom is 0.272 e. The van der Waals surface area contributed by atoms with Gasteiger partial charge in [0.1, 0.15) is 61.6 Å². The van der Waals surface area contributed by atoms with Gasteiger partial charge < -0.3 is 55.5 Å². The van der Waals surface area contributed by atoms with E-state index in [4.69, 9.17) is 29.5 Å². The summed E-state index contributed by atoms with van der Waals surface area (Å²) in [7, 11) is 0. The lowest BCUT2D eigenvalue weighted by atomic mass is 9.83. The molecular weight excluding hydrogens is 609 g/mol. The fourth-order valence-electron chi connectivity index (χ4n) is 5.43. The number of anilines is 1. The van der Waals surface area contributed by atoms with Crippen LogP contribution in [0.4, 0.5) is 10.1 Å². The average Bonchev–Trinajstić information content (AvgIpc) is 3.60. The molecule has 2 heterocycles. The van der Waals surface area contributed by atoms with Crippen LogP contribution < -0.4 is 21.3 Å². The van der Waals surface area contributed by atoms with Crippen LogP contribution in [0.25, 0.3) is 6.08 Å². The number of halogens is 1. The third-order valence-corrected chi connectivity index (χ3v) is 8.20. The first-order valence-electron chi connectivity index (χ1n) is 14.5. The number of hydrogen-bond donors (Lipinski definition) is 8. The van der Waals surface area contributed by atoms with Crippen LogP contribution in [0.5, 0.6) is 5.75 Å². The fraction of sp³-hybridized carbons (Fsp3) is 0.452. The molecule has 0 spiro atoms. The van der Waals surface area contributed by atoms with Crippen molar-refractivity contribution in [1.82, 2.24) is 10.8 Å². The number of fused-ring (bicyclic) bond motifs is 1. The van der Waals surface area contributed by atoms with E-state index < -0.39 is 66.3 Å². The van der Waals surface area contributed by atoms with Crippen LogP contribution in [-0.4, -0.2) is 92.8 Å². The van der Waals surface area contributed by atoms with Crippen molar-refractivity contribution in [2.45, 2.75) is 81.9 Å². The second-order valence-electron chi connectivity index (χ2n) is 11.6. The van der Waals surface area contributed by atoms with Gasteiger partial charge in [-0.15, -0.1) is 0 Å². The van der Waals surface area contributed by atoms with Crippen molar-refractivity contribution in [3.63, 3.8) is 0 Å². The van der Waals surface area contributed by atoms with E-state index in [1.165, 1.54) is 45.0 Å². The van der Waals surface area contributed by atoms with Crippen LogP contribution in [0.3, 0.4) is 0 Å². The number of aliphatic hydroxyl groups is 5. The summed E-state index contributed by atoms with van der Waals surface area (Å²) in [4.78, 5) is 18.3. The summed E-state index contributed by atoms with van der Waals surface area (Å²) in [6.45, 7) is 4.12. The molecule has 2 saturated heterocycles. The number of carbonyl (C=O) groups excluding carboxylic acids is 1. The molecule has 1 saturated carbocycles. The molecule has 15 heteroatoms. The number of carbonyl (C=O) groups is 1. The molecule has 0 bridgehead atoms. The molecule has 2 aromatic rings. The van der Waals surface area contributed by atoms with Gasteiger partial charge in [-0.3, -0.25) is 15.1 Å². The molecule has 3 aliphatic rings. The zero-order valence-electron chi connectivity index (χ0n) is 25.3. The number of hydroxylamine groups is 1. The first kappa shape index (κ1) is 33.6. The minimum atomic E-state index is -1.90. The van der Waals surface area contributed by atoms with Crippen molar-refractivity contribution >= 4 is 17.7 Å². The molecule has 14 nitrogen and oxygen atoms in total. The van der Waals surface area contributed by atoms with Gasteiger partial charge in [-0.2, -0.15) is 0 Å². The van der Waals surface area contributed by atoms with Gasteiger partial charge >= 0.3 is 0 Å². The second kappa shape index (κ2) is 13.5. The van der Waals surface area contributed by atoms with E-state index in [2.05, 4.69) is 10.8 Å². The molecule has 250 valence electrons. The number of hydrogen-bond acceptors (Lipinski definition) is 13. The van der Waals surface area contributed by atoms with Crippen molar-refractivity contribution in [2.75, 3.05) is 12.5 Å². The number of nitrogen functional groups attached to an aromatic ring is 1. The third-order valence-electron chi connectivity index (χ3n) is 8.20. The van der Waals surface area contributed by atoms with Crippen LogP contribution in [-0.2, 0) is 30.4 Å². The van der Waals surface area contributed by atoms with Crippen molar-refractivity contribution in [1.29, 1.82) is 0 Å². The predicted molar refractivity (Wildman–Crippen MR) is 158 cm³/mol. The first-order chi connectivity index (χ1) is 21.8. The summed E-state index contributed by atoms with van der Waals surface area (Å²) in [5, 5.41) is 55.7. The van der Waals surface area contributed by atoms with Crippen LogP contribution in [0.15, 0.2) is 59.5 Å². The molecular formula is C31H38FN3O11. The third kappa shape index (κ3) is 6.67. The summed E-state index contributed by atoms with van der Waals surface area (Å²) >= 11 is 0. The van der Waals surface area contributed by atoms with E-state index in [9.17, 15) is 34.7 Å². The molecule has 46 heavy (non-hydrogen) atoms. The van der Waals surface area contributed by atoms with E-state index in [-0.39, 0.29) is 41.9 Å². The minimum absolute atomic E-state index is 0.0495. The Balaban J connectivity index is 1.21. The van der Waals surface area contributed by atoms with Gasteiger partial charge in [0.25, 0.3) is 6.29 Å². The lowest BCUT2D eigenvalue weighted by Gasteiger charge is -2.41. The Kier molecular flexibility index (Phi) is 9.86. The summed E-state index contributed by atoms with van der Waals surface area (Å²) < 4.78 is 35.9. The van der Waals surface area contributed by atoms with Gasteiger partial charge in [0.05, 0.1) is 17.4 Å². The van der Waals surface area contributed by atoms with Gasteiger partial charge in [-0.1, -0.05) is 24.3 Å². The number of nitrogens with one attached hydrogen (secondary N) is 2. The Bertz CT molecular complexity index is 1500. The zero-order valence-corrected chi connectivity index (χ0v) is 25.3. The highest BCUT2D eigenvalue weighted by Crippen LogP contribution is 2.38. The van der Waals surface area contributed by atoms with Crippen LogP contribution in [0.2, 0.25) is 0 Å². The highest BCUT2D eigenvalue weighted by Gasteiger charge is 2.54. The SMILES string of the molecule is CC(=Cc1ccc(O[C@@H]2OC(=C(C)NOCc3ccccc3F)[C@@H](O)[C@]2(C)O)c(N)c1)C(=O)N[C@@H]1[C@H](O)[C@@H](O)[C@H]2OCO[C@H]2[C@@H]1O. The van der Waals surface area contributed by atoms with E-state index in [1.54, 1.807) is 24.3 Å². The molecule has 1 aliphatic carbocycles. The Hall–Kier alpha value is -3.80. The largest absolute Gasteiger partial charge is 0.451 e. The topological polar surface area (TPSA) is 214 Å². The number of aliphatic hydroxyl groups excluding tert-OH is 4. The van der Waals surface area contributed by atoms with Gasteiger partial charge in [-0.05, 0) is 50.6 Å². The molecule has 9 atom stereocenters. The number of allylic oxidation sites excluding steroid dienone is 1. The number of benzene rings is 2. The van der Waals surface area contributed by atoms with Crippen molar-refractivity contribution in [3.8, 4) is 5.75 Å². The van der Waals surface area contributed by atoms with E-state index >= 15 is 0 Å². The average molecular weight is 648 g/mol. The standard InChI is InChI=1S/C31H38FN3O11/c1-14(29(40)34-21-22(36)24(38)27-26(23(21)37)42-13-43-27)10-16-8-9-20(19(33)11-16)45-30-31(3,41)28(39)25(46-30)15(2)35-44-12-17-6-4-5-7-18(17)32/h4-11,21-24,26-28,30,35-39,41H,12-13,33H2,1-3H3,(H,34,40)/t21-,22+,23-,24-,26+,27-,28-,30-,31+/m1/s1. The number of ether oxygens (including phenoxy) is 4. The number of amides is 1. The van der Waals surface area contributed by atoms with Crippen molar-refractivity contribution in [3.05, 3.63) is 76.4 Å². The molecule has 0 radical (unpaired) electrons. The number of rotatable bonds is 9. The maximum atomic E-state index is 13.9. The van der Waals surface area contributed by atoms with E-state index in [0.717, 1.165) is 0 Å². The monoisotopic (exact) mass is 647 g/mol. The van der Waals surface area contributed by atoms with Gasteiger partial charge in [0.15, 0.2) is 11.4 Å². The smallest absolute Gasteiger partial charge is 0.272 e. The molecule has 1 amide bonds. The molecule has 5 rings (SSSR count). The highest BCUT2D eigenvalue weighted by molar-refractivity contribution is 5.97. The summed E-state index contributed by atoms with van der Waals surface area (Å²) in [5.41, 5.74) is 8.26.